The molecule has 0 aliphatic heterocycles. The third kappa shape index (κ3) is 4.97. The molecule has 1 aromatic carbocycles. The Morgan fingerprint density at radius 3 is 2.35 bits per heavy atom. The van der Waals surface area contributed by atoms with E-state index in [9.17, 15) is 4.79 Å². The maximum absolute atomic E-state index is 10.5. The van der Waals surface area contributed by atoms with Crippen LogP contribution in [0.2, 0.25) is 0 Å². The van der Waals surface area contributed by atoms with E-state index in [4.69, 9.17) is 5.11 Å². The lowest BCUT2D eigenvalue weighted by Crippen LogP contribution is -2.17. The average molecular weight is 430 g/mol. The van der Waals surface area contributed by atoms with E-state index in [0.717, 1.165) is 19.1 Å². The van der Waals surface area contributed by atoms with Crippen molar-refractivity contribution >= 4 is 59.4 Å². The molecule has 0 bridgehead atoms. The molecule has 0 saturated carbocycles. The zero-order valence-electron chi connectivity index (χ0n) is 9.14. The second-order valence-electron chi connectivity index (χ2n) is 3.72. The van der Waals surface area contributed by atoms with Gasteiger partial charge in [-0.1, -0.05) is 15.9 Å². The van der Waals surface area contributed by atoms with Crippen molar-refractivity contribution in [1.82, 2.24) is 0 Å². The monoisotopic (exact) mass is 427 g/mol. The lowest BCUT2D eigenvalue weighted by Gasteiger charge is -2.17. The molecule has 94 valence electrons. The number of hydrogen-bond donors (Lipinski definition) is 2. The first-order valence-corrected chi connectivity index (χ1v) is 7.41. The van der Waals surface area contributed by atoms with Crippen LogP contribution in [0.1, 0.15) is 19.8 Å². The van der Waals surface area contributed by atoms with E-state index in [2.05, 4.69) is 53.1 Å². The smallest absolute Gasteiger partial charge is 0.303 e. The number of nitrogens with one attached hydrogen (secondary N) is 1. The predicted molar refractivity (Wildman–Crippen MR) is 79.5 cm³/mol. The molecule has 1 atom stereocenters. The third-order valence-corrected chi connectivity index (χ3v) is 3.90. The molecule has 0 heterocycles. The van der Waals surface area contributed by atoms with Crippen molar-refractivity contribution in [2.24, 2.45) is 0 Å². The zero-order chi connectivity index (χ0) is 13.0. The van der Waals surface area contributed by atoms with E-state index in [1.165, 1.54) is 0 Å². The number of halogens is 3. The summed E-state index contributed by atoms with van der Waals surface area (Å²) in [5.74, 6) is -0.771. The van der Waals surface area contributed by atoms with Crippen molar-refractivity contribution in [2.75, 3.05) is 5.32 Å². The summed E-state index contributed by atoms with van der Waals surface area (Å²) in [6, 6.07) is 3.98. The van der Waals surface area contributed by atoms with Crippen LogP contribution in [0.3, 0.4) is 0 Å². The van der Waals surface area contributed by atoms with Crippen LogP contribution in [0, 0.1) is 0 Å². The highest BCUT2D eigenvalue weighted by Gasteiger charge is 2.11. The maximum Gasteiger partial charge on any atom is 0.303 e. The number of benzene rings is 1. The van der Waals surface area contributed by atoms with Crippen molar-refractivity contribution in [2.45, 2.75) is 25.8 Å². The molecule has 2 N–H and O–H groups in total. The number of carboxylic acids is 1. The molecule has 0 aromatic heterocycles. The summed E-state index contributed by atoms with van der Waals surface area (Å²) < 4.78 is 2.84. The normalized spacial score (nSPS) is 12.2. The molecule has 0 spiro atoms. The summed E-state index contributed by atoms with van der Waals surface area (Å²) in [5.41, 5.74) is 0.936. The first kappa shape index (κ1) is 15.0. The van der Waals surface area contributed by atoms with Crippen LogP contribution >= 0.6 is 47.8 Å². The minimum absolute atomic E-state index is 0.0971. The lowest BCUT2D eigenvalue weighted by atomic mass is 10.1. The fraction of sp³-hybridized carbons (Fsp3) is 0.364. The number of anilines is 1. The standard InChI is InChI=1S/C11H12Br3NO2/c1-6(2-3-10(16)17)15-11-8(13)4-7(12)5-9(11)14/h4-6,15H,2-3H2,1H3,(H,16,17). The SMILES string of the molecule is CC(CCC(=O)O)Nc1c(Br)cc(Br)cc1Br. The van der Waals surface area contributed by atoms with E-state index in [1.807, 2.05) is 19.1 Å². The number of carboxylic acid groups (broad SMARTS) is 1. The van der Waals surface area contributed by atoms with Gasteiger partial charge in [-0.05, 0) is 57.3 Å². The largest absolute Gasteiger partial charge is 0.481 e. The molecule has 3 nitrogen and oxygen atoms in total. The van der Waals surface area contributed by atoms with Gasteiger partial charge >= 0.3 is 5.97 Å². The van der Waals surface area contributed by atoms with Crippen molar-refractivity contribution in [3.63, 3.8) is 0 Å². The van der Waals surface area contributed by atoms with Gasteiger partial charge in [-0.3, -0.25) is 4.79 Å². The minimum Gasteiger partial charge on any atom is -0.481 e. The molecule has 0 radical (unpaired) electrons. The van der Waals surface area contributed by atoms with Crippen LogP contribution in [0.15, 0.2) is 25.6 Å². The Hall–Kier alpha value is -0.0700. The molecular formula is C11H12Br3NO2. The van der Waals surface area contributed by atoms with Crippen molar-refractivity contribution in [3.8, 4) is 0 Å². The van der Waals surface area contributed by atoms with Gasteiger partial charge in [0.2, 0.25) is 0 Å². The van der Waals surface area contributed by atoms with Crippen LogP contribution in [-0.4, -0.2) is 17.1 Å². The quantitative estimate of drug-likeness (QED) is 0.716. The van der Waals surface area contributed by atoms with Gasteiger partial charge in [0, 0.05) is 25.9 Å². The Bertz CT molecular complexity index is 400. The summed E-state index contributed by atoms with van der Waals surface area (Å²) in [5, 5.41) is 11.9. The van der Waals surface area contributed by atoms with Crippen LogP contribution < -0.4 is 5.32 Å². The highest BCUT2D eigenvalue weighted by Crippen LogP contribution is 2.34. The molecule has 1 unspecified atom stereocenters. The van der Waals surface area contributed by atoms with Crippen molar-refractivity contribution in [1.29, 1.82) is 0 Å². The first-order valence-electron chi connectivity index (χ1n) is 5.03. The van der Waals surface area contributed by atoms with Gasteiger partial charge in [-0.2, -0.15) is 0 Å². The number of carbonyl (C=O) groups is 1. The Kier molecular flexibility index (Phi) is 5.95. The summed E-state index contributed by atoms with van der Waals surface area (Å²) in [7, 11) is 0. The zero-order valence-corrected chi connectivity index (χ0v) is 13.9. The molecule has 1 rings (SSSR count). The van der Waals surface area contributed by atoms with Crippen LogP contribution in [-0.2, 0) is 4.79 Å². The number of rotatable bonds is 5. The van der Waals surface area contributed by atoms with Crippen molar-refractivity contribution in [3.05, 3.63) is 25.6 Å². The molecule has 0 aliphatic rings. The molecule has 0 saturated heterocycles. The second-order valence-corrected chi connectivity index (χ2v) is 6.35. The molecule has 0 aliphatic carbocycles. The number of hydrogen-bond acceptors (Lipinski definition) is 2. The molecule has 6 heteroatoms. The summed E-state index contributed by atoms with van der Waals surface area (Å²) in [6.07, 6.45) is 0.754. The molecule has 0 amide bonds. The van der Waals surface area contributed by atoms with Gasteiger partial charge in [0.25, 0.3) is 0 Å². The molecule has 1 aromatic rings. The van der Waals surface area contributed by atoms with Gasteiger partial charge in [0.1, 0.15) is 0 Å². The minimum atomic E-state index is -0.771. The van der Waals surface area contributed by atoms with Gasteiger partial charge in [-0.15, -0.1) is 0 Å². The average Bonchev–Trinajstić information content (AvgIpc) is 2.20. The Balaban J connectivity index is 2.71. The van der Waals surface area contributed by atoms with Crippen molar-refractivity contribution < 1.29 is 9.90 Å². The van der Waals surface area contributed by atoms with E-state index < -0.39 is 5.97 Å². The Labute approximate surface area is 125 Å². The van der Waals surface area contributed by atoms with Crippen LogP contribution in [0.5, 0.6) is 0 Å². The second kappa shape index (κ2) is 6.75. The van der Waals surface area contributed by atoms with Crippen LogP contribution in [0.4, 0.5) is 5.69 Å². The van der Waals surface area contributed by atoms with E-state index in [1.54, 1.807) is 0 Å². The highest BCUT2D eigenvalue weighted by atomic mass is 79.9. The maximum atomic E-state index is 10.5. The van der Waals surface area contributed by atoms with Gasteiger partial charge in [0.05, 0.1) is 5.69 Å². The van der Waals surface area contributed by atoms with Gasteiger partial charge in [0.15, 0.2) is 0 Å². The van der Waals surface area contributed by atoms with E-state index >= 15 is 0 Å². The summed E-state index contributed by atoms with van der Waals surface area (Å²) in [6.45, 7) is 1.96. The fourth-order valence-electron chi connectivity index (χ4n) is 1.34. The molecular weight excluding hydrogens is 418 g/mol. The van der Waals surface area contributed by atoms with Crippen LogP contribution in [0.25, 0.3) is 0 Å². The summed E-state index contributed by atoms with van der Waals surface area (Å²) >= 11 is 10.3. The van der Waals surface area contributed by atoms with E-state index in [0.29, 0.717) is 6.42 Å². The lowest BCUT2D eigenvalue weighted by molar-refractivity contribution is -0.137. The Morgan fingerprint density at radius 2 is 1.88 bits per heavy atom. The first-order chi connectivity index (χ1) is 7.90. The predicted octanol–water partition coefficient (Wildman–Crippen LogP) is 4.64. The van der Waals surface area contributed by atoms with Gasteiger partial charge < -0.3 is 10.4 Å². The Morgan fingerprint density at radius 1 is 1.35 bits per heavy atom. The molecule has 0 fully saturated rings. The molecule has 17 heavy (non-hydrogen) atoms. The van der Waals surface area contributed by atoms with Gasteiger partial charge in [-0.25, -0.2) is 0 Å². The number of aliphatic carboxylic acids is 1. The summed E-state index contributed by atoms with van der Waals surface area (Å²) in [4.78, 5) is 10.5. The third-order valence-electron chi connectivity index (χ3n) is 2.19. The highest BCUT2D eigenvalue weighted by molar-refractivity contribution is 9.11. The fourth-order valence-corrected chi connectivity index (χ4v) is 3.83. The topological polar surface area (TPSA) is 49.3 Å². The van der Waals surface area contributed by atoms with E-state index in [-0.39, 0.29) is 12.5 Å².